The lowest BCUT2D eigenvalue weighted by Crippen LogP contribution is -2.20. The number of imidazole rings is 1. The van der Waals surface area contributed by atoms with Crippen LogP contribution in [-0.2, 0) is 6.54 Å². The molecule has 1 aromatic carbocycles. The van der Waals surface area contributed by atoms with Gasteiger partial charge in [-0.15, -0.1) is 0 Å². The topological polar surface area (TPSA) is 87.0 Å². The SMILES string of the molecule is CC(C)C(N)c1cncn1Cc1cccc([N+](=O)[O-])c1. The minimum Gasteiger partial charge on any atom is -0.329 e. The van der Waals surface area contributed by atoms with Crippen molar-refractivity contribution in [1.82, 2.24) is 9.55 Å². The summed E-state index contributed by atoms with van der Waals surface area (Å²) in [5.74, 6) is 0.301. The van der Waals surface area contributed by atoms with Crippen LogP contribution in [0.5, 0.6) is 0 Å². The van der Waals surface area contributed by atoms with Gasteiger partial charge in [0.25, 0.3) is 5.69 Å². The fraction of sp³-hybridized carbons (Fsp3) is 0.357. The molecule has 0 amide bonds. The summed E-state index contributed by atoms with van der Waals surface area (Å²) >= 11 is 0. The molecule has 1 unspecified atom stereocenters. The van der Waals surface area contributed by atoms with E-state index in [-0.39, 0.29) is 11.7 Å². The normalized spacial score (nSPS) is 12.6. The Morgan fingerprint density at radius 1 is 1.45 bits per heavy atom. The van der Waals surface area contributed by atoms with Crippen LogP contribution in [0.3, 0.4) is 0 Å². The van der Waals surface area contributed by atoms with Crippen LogP contribution in [0.15, 0.2) is 36.8 Å². The summed E-state index contributed by atoms with van der Waals surface area (Å²) in [4.78, 5) is 14.5. The summed E-state index contributed by atoms with van der Waals surface area (Å²) < 4.78 is 1.93. The second-order valence-electron chi connectivity index (χ2n) is 5.14. The Morgan fingerprint density at radius 2 is 2.20 bits per heavy atom. The fourth-order valence-electron chi connectivity index (χ4n) is 2.05. The van der Waals surface area contributed by atoms with E-state index in [1.54, 1.807) is 24.7 Å². The smallest absolute Gasteiger partial charge is 0.269 e. The largest absolute Gasteiger partial charge is 0.329 e. The van der Waals surface area contributed by atoms with E-state index in [9.17, 15) is 10.1 Å². The van der Waals surface area contributed by atoms with E-state index >= 15 is 0 Å². The summed E-state index contributed by atoms with van der Waals surface area (Å²) in [6.45, 7) is 4.63. The number of non-ortho nitro benzene ring substituents is 1. The standard InChI is InChI=1S/C14H18N4O2/c1-10(2)14(15)13-7-16-9-17(13)8-11-4-3-5-12(6-11)18(19)20/h3-7,9-10,14H,8,15H2,1-2H3. The maximum Gasteiger partial charge on any atom is 0.269 e. The van der Waals surface area contributed by atoms with Crippen LogP contribution in [0, 0.1) is 16.0 Å². The molecule has 0 aliphatic heterocycles. The second-order valence-corrected chi connectivity index (χ2v) is 5.14. The molecule has 1 atom stereocenters. The number of aromatic nitrogens is 2. The molecule has 0 fully saturated rings. The Hall–Kier alpha value is -2.21. The number of nitrogens with two attached hydrogens (primary N) is 1. The number of hydrogen-bond donors (Lipinski definition) is 1. The van der Waals surface area contributed by atoms with Crippen LogP contribution >= 0.6 is 0 Å². The first-order valence-electron chi connectivity index (χ1n) is 6.48. The van der Waals surface area contributed by atoms with E-state index in [0.717, 1.165) is 11.3 Å². The molecule has 0 aliphatic carbocycles. The minimum atomic E-state index is -0.391. The molecule has 2 rings (SSSR count). The van der Waals surface area contributed by atoms with Crippen LogP contribution < -0.4 is 5.73 Å². The van der Waals surface area contributed by atoms with Gasteiger partial charge in [-0.05, 0) is 11.5 Å². The average Bonchev–Trinajstić information content (AvgIpc) is 2.86. The molecular weight excluding hydrogens is 256 g/mol. The number of nitrogens with zero attached hydrogens (tertiary/aromatic N) is 3. The molecule has 0 radical (unpaired) electrons. The van der Waals surface area contributed by atoms with Crippen LogP contribution in [0.4, 0.5) is 5.69 Å². The van der Waals surface area contributed by atoms with Crippen molar-refractivity contribution in [2.45, 2.75) is 26.4 Å². The number of rotatable bonds is 5. The zero-order valence-corrected chi connectivity index (χ0v) is 11.6. The quantitative estimate of drug-likeness (QED) is 0.670. The molecule has 6 heteroatoms. The lowest BCUT2D eigenvalue weighted by atomic mass is 10.0. The Balaban J connectivity index is 2.25. The van der Waals surface area contributed by atoms with Gasteiger partial charge in [0.15, 0.2) is 0 Å². The third-order valence-electron chi connectivity index (χ3n) is 3.28. The molecule has 0 saturated carbocycles. The van der Waals surface area contributed by atoms with Gasteiger partial charge in [-0.2, -0.15) is 0 Å². The first kappa shape index (κ1) is 14.2. The zero-order chi connectivity index (χ0) is 14.7. The number of hydrogen-bond acceptors (Lipinski definition) is 4. The van der Waals surface area contributed by atoms with Crippen molar-refractivity contribution < 1.29 is 4.92 Å². The first-order chi connectivity index (χ1) is 9.49. The van der Waals surface area contributed by atoms with Crippen molar-refractivity contribution in [3.8, 4) is 0 Å². The summed E-state index contributed by atoms with van der Waals surface area (Å²) in [6, 6.07) is 6.50. The third-order valence-corrected chi connectivity index (χ3v) is 3.28. The maximum absolute atomic E-state index is 10.8. The Morgan fingerprint density at radius 3 is 2.85 bits per heavy atom. The summed E-state index contributed by atoms with van der Waals surface area (Å²) in [7, 11) is 0. The molecule has 2 N–H and O–H groups in total. The molecule has 0 spiro atoms. The van der Waals surface area contributed by atoms with E-state index in [1.807, 2.05) is 10.6 Å². The Bertz CT molecular complexity index is 607. The highest BCUT2D eigenvalue weighted by Crippen LogP contribution is 2.20. The van der Waals surface area contributed by atoms with E-state index in [0.29, 0.717) is 12.5 Å². The molecule has 2 aromatic rings. The van der Waals surface area contributed by atoms with E-state index in [2.05, 4.69) is 18.8 Å². The molecule has 106 valence electrons. The second kappa shape index (κ2) is 5.83. The molecule has 1 aromatic heterocycles. The highest BCUT2D eigenvalue weighted by atomic mass is 16.6. The fourth-order valence-corrected chi connectivity index (χ4v) is 2.05. The van der Waals surface area contributed by atoms with Crippen LogP contribution in [0.2, 0.25) is 0 Å². The van der Waals surface area contributed by atoms with Gasteiger partial charge in [0.2, 0.25) is 0 Å². The molecule has 1 heterocycles. The Labute approximate surface area is 117 Å². The van der Waals surface area contributed by atoms with Crippen LogP contribution in [0.25, 0.3) is 0 Å². The molecule has 0 aliphatic rings. The lowest BCUT2D eigenvalue weighted by molar-refractivity contribution is -0.384. The van der Waals surface area contributed by atoms with Crippen LogP contribution in [-0.4, -0.2) is 14.5 Å². The summed E-state index contributed by atoms with van der Waals surface area (Å²) in [5, 5.41) is 10.8. The van der Waals surface area contributed by atoms with Gasteiger partial charge in [-0.3, -0.25) is 10.1 Å². The molecule has 20 heavy (non-hydrogen) atoms. The third kappa shape index (κ3) is 3.03. The zero-order valence-electron chi connectivity index (χ0n) is 11.6. The van der Waals surface area contributed by atoms with Crippen molar-refractivity contribution in [1.29, 1.82) is 0 Å². The molecular formula is C14H18N4O2. The molecule has 0 saturated heterocycles. The van der Waals surface area contributed by atoms with Gasteiger partial charge in [-0.25, -0.2) is 4.98 Å². The minimum absolute atomic E-state index is 0.0947. The van der Waals surface area contributed by atoms with Gasteiger partial charge in [-0.1, -0.05) is 26.0 Å². The van der Waals surface area contributed by atoms with Gasteiger partial charge in [0.05, 0.1) is 16.9 Å². The van der Waals surface area contributed by atoms with Crippen molar-refractivity contribution in [2.75, 3.05) is 0 Å². The lowest BCUT2D eigenvalue weighted by Gasteiger charge is -2.17. The summed E-state index contributed by atoms with van der Waals surface area (Å²) in [5.41, 5.74) is 8.03. The molecule has 0 bridgehead atoms. The predicted octanol–water partition coefficient (Wildman–Crippen LogP) is 2.50. The van der Waals surface area contributed by atoms with Gasteiger partial charge < -0.3 is 10.3 Å². The van der Waals surface area contributed by atoms with Crippen LogP contribution in [0.1, 0.15) is 31.1 Å². The highest BCUT2D eigenvalue weighted by molar-refractivity contribution is 5.34. The van der Waals surface area contributed by atoms with Gasteiger partial charge in [0, 0.05) is 30.9 Å². The van der Waals surface area contributed by atoms with Crippen molar-refractivity contribution in [2.24, 2.45) is 11.7 Å². The maximum atomic E-state index is 10.8. The van der Waals surface area contributed by atoms with E-state index in [1.165, 1.54) is 6.07 Å². The van der Waals surface area contributed by atoms with Gasteiger partial charge >= 0.3 is 0 Å². The van der Waals surface area contributed by atoms with E-state index in [4.69, 9.17) is 5.73 Å². The average molecular weight is 274 g/mol. The van der Waals surface area contributed by atoms with Crippen molar-refractivity contribution in [3.05, 3.63) is 58.2 Å². The highest BCUT2D eigenvalue weighted by Gasteiger charge is 2.15. The Kier molecular flexibility index (Phi) is 4.14. The van der Waals surface area contributed by atoms with Crippen molar-refractivity contribution in [3.63, 3.8) is 0 Å². The number of nitro benzene ring substituents is 1. The van der Waals surface area contributed by atoms with E-state index < -0.39 is 4.92 Å². The monoisotopic (exact) mass is 274 g/mol. The van der Waals surface area contributed by atoms with Crippen molar-refractivity contribution >= 4 is 5.69 Å². The molecule has 6 nitrogen and oxygen atoms in total. The number of nitro groups is 1. The number of benzene rings is 1. The predicted molar refractivity (Wildman–Crippen MR) is 76.2 cm³/mol. The van der Waals surface area contributed by atoms with Gasteiger partial charge in [0.1, 0.15) is 0 Å². The first-order valence-corrected chi connectivity index (χ1v) is 6.48. The summed E-state index contributed by atoms with van der Waals surface area (Å²) in [6.07, 6.45) is 3.46.